The predicted octanol–water partition coefficient (Wildman–Crippen LogP) is 0.948. The maximum atomic E-state index is 11.0. The maximum Gasteiger partial charge on any atom is 0.271 e. The minimum atomic E-state index is -0.761. The van der Waals surface area contributed by atoms with Crippen molar-refractivity contribution in [1.82, 2.24) is 9.97 Å². The van der Waals surface area contributed by atoms with Crippen molar-refractivity contribution in [3.05, 3.63) is 42.5 Å². The molecule has 2 aromatic heterocycles. The van der Waals surface area contributed by atoms with Crippen LogP contribution in [-0.4, -0.2) is 21.0 Å². The Balaban J connectivity index is 2.59. The van der Waals surface area contributed by atoms with E-state index in [0.29, 0.717) is 11.1 Å². The van der Waals surface area contributed by atoms with Crippen LogP contribution in [0.2, 0.25) is 0 Å². The Morgan fingerprint density at radius 1 is 1.31 bits per heavy atom. The zero-order chi connectivity index (χ0) is 11.5. The van der Waals surface area contributed by atoms with Crippen molar-refractivity contribution in [2.75, 3.05) is 0 Å². The third-order valence-corrected chi connectivity index (χ3v) is 2.13. The van der Waals surface area contributed by atoms with E-state index in [1.165, 1.54) is 6.20 Å². The van der Waals surface area contributed by atoms with Gasteiger partial charge < -0.3 is 10.8 Å². The molecular weight excluding hydrogens is 206 g/mol. The molecule has 5 heteroatoms. The van der Waals surface area contributed by atoms with Gasteiger partial charge in [0, 0.05) is 29.7 Å². The molecule has 1 amide bonds. The van der Waals surface area contributed by atoms with Gasteiger partial charge in [-0.1, -0.05) is 6.07 Å². The Bertz CT molecular complexity index is 526. The number of amides is 1. The molecule has 0 aliphatic rings. The van der Waals surface area contributed by atoms with Gasteiger partial charge in [-0.25, -0.2) is 4.98 Å². The molecule has 2 rings (SSSR count). The van der Waals surface area contributed by atoms with E-state index in [0.717, 1.165) is 0 Å². The molecule has 0 aliphatic heterocycles. The third kappa shape index (κ3) is 1.70. The number of carbonyl (C=O) groups excluding carboxylic acids is 1. The lowest BCUT2D eigenvalue weighted by Gasteiger charge is -2.06. The molecule has 0 aliphatic carbocycles. The van der Waals surface area contributed by atoms with E-state index in [2.05, 4.69) is 9.97 Å². The first-order valence-corrected chi connectivity index (χ1v) is 4.58. The van der Waals surface area contributed by atoms with E-state index in [9.17, 15) is 9.90 Å². The van der Waals surface area contributed by atoms with Gasteiger partial charge in [0.05, 0.1) is 0 Å². The van der Waals surface area contributed by atoms with E-state index in [1.807, 2.05) is 0 Å². The van der Waals surface area contributed by atoms with E-state index in [1.54, 1.807) is 30.6 Å². The molecule has 0 spiro atoms. The molecule has 80 valence electrons. The Morgan fingerprint density at radius 2 is 2.12 bits per heavy atom. The average molecular weight is 215 g/mol. The van der Waals surface area contributed by atoms with Gasteiger partial charge in [-0.05, 0) is 12.1 Å². The number of carbonyl (C=O) groups is 1. The van der Waals surface area contributed by atoms with Crippen LogP contribution in [0.5, 0.6) is 5.75 Å². The summed E-state index contributed by atoms with van der Waals surface area (Å²) in [6.07, 6.45) is 4.62. The zero-order valence-corrected chi connectivity index (χ0v) is 8.29. The van der Waals surface area contributed by atoms with Crippen LogP contribution in [0.25, 0.3) is 11.1 Å². The van der Waals surface area contributed by atoms with Crippen molar-refractivity contribution >= 4 is 5.91 Å². The average Bonchev–Trinajstić information content (AvgIpc) is 2.30. The SMILES string of the molecule is NC(=O)c1nccc(-c2cccnc2)c1O. The monoisotopic (exact) mass is 215 g/mol. The molecule has 5 nitrogen and oxygen atoms in total. The quantitative estimate of drug-likeness (QED) is 0.780. The molecule has 0 bridgehead atoms. The zero-order valence-electron chi connectivity index (χ0n) is 8.29. The molecule has 0 unspecified atom stereocenters. The molecule has 0 aromatic carbocycles. The Hall–Kier alpha value is -2.43. The van der Waals surface area contributed by atoms with Gasteiger partial charge in [-0.2, -0.15) is 0 Å². The number of aromatic hydroxyl groups is 1. The number of rotatable bonds is 2. The number of nitrogens with two attached hydrogens (primary N) is 1. The van der Waals surface area contributed by atoms with Crippen LogP contribution < -0.4 is 5.73 Å². The maximum absolute atomic E-state index is 11.0. The summed E-state index contributed by atoms with van der Waals surface area (Å²) in [5, 5.41) is 9.82. The molecular formula is C11H9N3O2. The summed E-state index contributed by atoms with van der Waals surface area (Å²) in [6.45, 7) is 0. The predicted molar refractivity (Wildman–Crippen MR) is 57.7 cm³/mol. The molecule has 2 heterocycles. The Labute approximate surface area is 91.6 Å². The number of pyridine rings is 2. The van der Waals surface area contributed by atoms with Gasteiger partial charge in [0.25, 0.3) is 5.91 Å². The van der Waals surface area contributed by atoms with Crippen molar-refractivity contribution in [2.24, 2.45) is 5.73 Å². The number of hydrogen-bond donors (Lipinski definition) is 2. The highest BCUT2D eigenvalue weighted by Gasteiger charge is 2.13. The van der Waals surface area contributed by atoms with E-state index < -0.39 is 5.91 Å². The second-order valence-corrected chi connectivity index (χ2v) is 3.16. The van der Waals surface area contributed by atoms with Crippen LogP contribution in [0.15, 0.2) is 36.8 Å². The molecule has 0 atom stereocenters. The fourth-order valence-corrected chi connectivity index (χ4v) is 1.39. The van der Waals surface area contributed by atoms with E-state index >= 15 is 0 Å². The lowest BCUT2D eigenvalue weighted by atomic mass is 10.1. The molecule has 2 aromatic rings. The van der Waals surface area contributed by atoms with Gasteiger partial charge >= 0.3 is 0 Å². The fourth-order valence-electron chi connectivity index (χ4n) is 1.39. The summed E-state index contributed by atoms with van der Waals surface area (Å²) in [5.74, 6) is -0.980. The topological polar surface area (TPSA) is 89.1 Å². The van der Waals surface area contributed by atoms with Gasteiger partial charge in [0.1, 0.15) is 0 Å². The van der Waals surface area contributed by atoms with Crippen molar-refractivity contribution in [2.45, 2.75) is 0 Å². The van der Waals surface area contributed by atoms with Crippen LogP contribution in [0.1, 0.15) is 10.5 Å². The molecule has 0 fully saturated rings. The summed E-state index contributed by atoms with van der Waals surface area (Å²) in [6, 6.07) is 5.10. The first-order valence-electron chi connectivity index (χ1n) is 4.58. The second-order valence-electron chi connectivity index (χ2n) is 3.16. The third-order valence-electron chi connectivity index (χ3n) is 2.13. The lowest BCUT2D eigenvalue weighted by Crippen LogP contribution is -2.13. The standard InChI is InChI=1S/C11H9N3O2/c12-11(16)9-10(15)8(3-5-14-9)7-2-1-4-13-6-7/h1-6,15H,(H2,12,16). The smallest absolute Gasteiger partial charge is 0.271 e. The highest BCUT2D eigenvalue weighted by molar-refractivity contribution is 5.95. The molecule has 0 saturated carbocycles. The minimum absolute atomic E-state index is 0.138. The normalized spacial score (nSPS) is 10.0. The van der Waals surface area contributed by atoms with Gasteiger partial charge in [0.2, 0.25) is 0 Å². The molecule has 16 heavy (non-hydrogen) atoms. The number of nitrogens with zero attached hydrogens (tertiary/aromatic N) is 2. The summed E-state index contributed by atoms with van der Waals surface area (Å²) in [4.78, 5) is 18.6. The van der Waals surface area contributed by atoms with Gasteiger partial charge in [-0.3, -0.25) is 9.78 Å². The second kappa shape index (κ2) is 3.98. The number of primary amides is 1. The fraction of sp³-hybridized carbons (Fsp3) is 0. The van der Waals surface area contributed by atoms with Crippen LogP contribution in [0, 0.1) is 0 Å². The first-order chi connectivity index (χ1) is 7.70. The Kier molecular flexibility index (Phi) is 2.51. The number of hydrogen-bond acceptors (Lipinski definition) is 4. The van der Waals surface area contributed by atoms with Crippen molar-refractivity contribution in [3.63, 3.8) is 0 Å². The first kappa shape index (κ1) is 10.1. The van der Waals surface area contributed by atoms with Crippen LogP contribution in [0.3, 0.4) is 0 Å². The molecule has 0 radical (unpaired) electrons. The summed E-state index contributed by atoms with van der Waals surface area (Å²) in [5.41, 5.74) is 6.13. The lowest BCUT2D eigenvalue weighted by molar-refractivity contribution is 0.0993. The van der Waals surface area contributed by atoms with E-state index in [4.69, 9.17) is 5.73 Å². The van der Waals surface area contributed by atoms with Crippen LogP contribution >= 0.6 is 0 Å². The summed E-state index contributed by atoms with van der Waals surface area (Å²) < 4.78 is 0. The molecule has 0 saturated heterocycles. The Morgan fingerprint density at radius 3 is 2.75 bits per heavy atom. The van der Waals surface area contributed by atoms with Gasteiger partial charge in [-0.15, -0.1) is 0 Å². The van der Waals surface area contributed by atoms with Crippen molar-refractivity contribution in [1.29, 1.82) is 0 Å². The number of aromatic nitrogens is 2. The van der Waals surface area contributed by atoms with Crippen molar-refractivity contribution < 1.29 is 9.90 Å². The van der Waals surface area contributed by atoms with Crippen LogP contribution in [-0.2, 0) is 0 Å². The summed E-state index contributed by atoms with van der Waals surface area (Å²) in [7, 11) is 0. The molecule has 3 N–H and O–H groups in total. The minimum Gasteiger partial charge on any atom is -0.505 e. The van der Waals surface area contributed by atoms with Crippen LogP contribution in [0.4, 0.5) is 0 Å². The largest absolute Gasteiger partial charge is 0.505 e. The highest BCUT2D eigenvalue weighted by atomic mass is 16.3. The summed E-state index contributed by atoms with van der Waals surface area (Å²) >= 11 is 0. The van der Waals surface area contributed by atoms with Gasteiger partial charge in [0.15, 0.2) is 11.4 Å². The van der Waals surface area contributed by atoms with E-state index in [-0.39, 0.29) is 11.4 Å². The van der Waals surface area contributed by atoms with Crippen molar-refractivity contribution in [3.8, 4) is 16.9 Å². The highest BCUT2D eigenvalue weighted by Crippen LogP contribution is 2.29.